The number of hydrogen-bond acceptors (Lipinski definition) is 5. The molecule has 0 radical (unpaired) electrons. The van der Waals surface area contributed by atoms with Crippen LogP contribution in [-0.4, -0.2) is 21.2 Å². The van der Waals surface area contributed by atoms with Gasteiger partial charge in [0.1, 0.15) is 11.5 Å². The van der Waals surface area contributed by atoms with E-state index in [0.29, 0.717) is 28.5 Å². The molecule has 21 heavy (non-hydrogen) atoms. The number of rotatable bonds is 3. The highest BCUT2D eigenvalue weighted by molar-refractivity contribution is 6.03. The summed E-state index contributed by atoms with van der Waals surface area (Å²) in [5.41, 5.74) is 1.55. The molecule has 1 fully saturated rings. The zero-order chi connectivity index (χ0) is 14.6. The standard InChI is InChI=1S/C15H12N2O4/c1-7-2-5-11(20-7)10-6-9(15(18)19)12-13(8-3-4-8)17-21-14(12)16-10/h2,5-6,8H,3-4H2,1H3,(H,18,19). The number of pyridine rings is 1. The smallest absolute Gasteiger partial charge is 0.336 e. The minimum atomic E-state index is -1.02. The molecule has 6 heteroatoms. The first-order valence-electron chi connectivity index (χ1n) is 6.74. The van der Waals surface area contributed by atoms with Crippen LogP contribution in [0.2, 0.25) is 0 Å². The van der Waals surface area contributed by atoms with Crippen molar-refractivity contribution in [2.24, 2.45) is 0 Å². The molecular formula is C15H12N2O4. The summed E-state index contributed by atoms with van der Waals surface area (Å²) in [6.45, 7) is 1.82. The second-order valence-electron chi connectivity index (χ2n) is 5.29. The molecule has 0 amide bonds. The van der Waals surface area contributed by atoms with E-state index in [9.17, 15) is 9.90 Å². The fourth-order valence-electron chi connectivity index (χ4n) is 2.48. The average Bonchev–Trinajstić information content (AvgIpc) is 3.06. The molecule has 1 saturated carbocycles. The van der Waals surface area contributed by atoms with Crippen LogP contribution in [0, 0.1) is 6.92 Å². The van der Waals surface area contributed by atoms with Crippen molar-refractivity contribution in [1.82, 2.24) is 10.1 Å². The Morgan fingerprint density at radius 3 is 2.81 bits per heavy atom. The maximum absolute atomic E-state index is 11.6. The Bertz CT molecular complexity index is 858. The predicted molar refractivity (Wildman–Crippen MR) is 73.2 cm³/mol. The lowest BCUT2D eigenvalue weighted by atomic mass is 10.1. The van der Waals surface area contributed by atoms with Crippen LogP contribution in [0.4, 0.5) is 0 Å². The lowest BCUT2D eigenvalue weighted by Gasteiger charge is -2.01. The maximum Gasteiger partial charge on any atom is 0.336 e. The molecule has 3 aromatic rings. The van der Waals surface area contributed by atoms with Crippen molar-refractivity contribution in [2.45, 2.75) is 25.7 Å². The minimum Gasteiger partial charge on any atom is -0.478 e. The lowest BCUT2D eigenvalue weighted by Crippen LogP contribution is -2.00. The summed E-state index contributed by atoms with van der Waals surface area (Å²) in [7, 11) is 0. The first-order chi connectivity index (χ1) is 10.1. The van der Waals surface area contributed by atoms with Crippen LogP contribution >= 0.6 is 0 Å². The summed E-state index contributed by atoms with van der Waals surface area (Å²) >= 11 is 0. The van der Waals surface area contributed by atoms with Gasteiger partial charge in [-0.3, -0.25) is 0 Å². The van der Waals surface area contributed by atoms with Gasteiger partial charge >= 0.3 is 5.97 Å². The Morgan fingerprint density at radius 2 is 2.19 bits per heavy atom. The fraction of sp³-hybridized carbons (Fsp3) is 0.267. The number of furan rings is 1. The number of aromatic carboxylic acids is 1. The highest BCUT2D eigenvalue weighted by atomic mass is 16.5. The van der Waals surface area contributed by atoms with Gasteiger partial charge < -0.3 is 14.0 Å². The van der Waals surface area contributed by atoms with Crippen LogP contribution in [-0.2, 0) is 0 Å². The van der Waals surface area contributed by atoms with Crippen LogP contribution in [0.5, 0.6) is 0 Å². The molecular weight excluding hydrogens is 272 g/mol. The lowest BCUT2D eigenvalue weighted by molar-refractivity contribution is 0.0699. The van der Waals surface area contributed by atoms with Crippen LogP contribution in [0.25, 0.3) is 22.6 Å². The Kier molecular flexibility index (Phi) is 2.42. The molecule has 4 rings (SSSR count). The van der Waals surface area contributed by atoms with Crippen molar-refractivity contribution in [3.8, 4) is 11.5 Å². The summed E-state index contributed by atoms with van der Waals surface area (Å²) in [4.78, 5) is 15.9. The molecule has 0 saturated heterocycles. The largest absolute Gasteiger partial charge is 0.478 e. The van der Waals surface area contributed by atoms with E-state index in [-0.39, 0.29) is 11.3 Å². The van der Waals surface area contributed by atoms with Crippen molar-refractivity contribution < 1.29 is 18.8 Å². The van der Waals surface area contributed by atoms with Gasteiger partial charge in [-0.05, 0) is 38.0 Å². The van der Waals surface area contributed by atoms with Crippen molar-refractivity contribution in [3.05, 3.63) is 35.2 Å². The van der Waals surface area contributed by atoms with E-state index in [1.54, 1.807) is 12.1 Å². The maximum atomic E-state index is 11.6. The highest BCUT2D eigenvalue weighted by Gasteiger charge is 2.32. The molecule has 3 aromatic heterocycles. The molecule has 0 spiro atoms. The van der Waals surface area contributed by atoms with Gasteiger partial charge in [-0.15, -0.1) is 0 Å². The summed E-state index contributed by atoms with van der Waals surface area (Å²) in [6, 6.07) is 5.08. The van der Waals surface area contributed by atoms with Gasteiger partial charge in [-0.1, -0.05) is 5.16 Å². The van der Waals surface area contributed by atoms with Gasteiger partial charge in [0.05, 0.1) is 16.6 Å². The van der Waals surface area contributed by atoms with Gasteiger partial charge in [-0.25, -0.2) is 9.78 Å². The molecule has 1 aliphatic rings. The molecule has 1 N–H and O–H groups in total. The molecule has 0 atom stereocenters. The van der Waals surface area contributed by atoms with Crippen molar-refractivity contribution in [3.63, 3.8) is 0 Å². The van der Waals surface area contributed by atoms with Gasteiger partial charge in [0.2, 0.25) is 0 Å². The van der Waals surface area contributed by atoms with Crippen molar-refractivity contribution >= 4 is 17.1 Å². The summed E-state index contributed by atoms with van der Waals surface area (Å²) in [6.07, 6.45) is 2.03. The second-order valence-corrected chi connectivity index (χ2v) is 5.29. The van der Waals surface area contributed by atoms with Gasteiger partial charge in [0, 0.05) is 5.92 Å². The Labute approximate surface area is 119 Å². The molecule has 106 valence electrons. The topological polar surface area (TPSA) is 89.4 Å². The zero-order valence-electron chi connectivity index (χ0n) is 11.3. The molecule has 6 nitrogen and oxygen atoms in total. The van der Waals surface area contributed by atoms with Crippen LogP contribution in [0.15, 0.2) is 27.1 Å². The van der Waals surface area contributed by atoms with E-state index >= 15 is 0 Å². The molecule has 1 aliphatic carbocycles. The summed E-state index contributed by atoms with van der Waals surface area (Å²) in [5.74, 6) is 0.529. The third-order valence-electron chi connectivity index (χ3n) is 3.66. The number of fused-ring (bicyclic) bond motifs is 1. The van der Waals surface area contributed by atoms with Gasteiger partial charge in [0.15, 0.2) is 5.76 Å². The fourth-order valence-corrected chi connectivity index (χ4v) is 2.48. The first kappa shape index (κ1) is 12.1. The quantitative estimate of drug-likeness (QED) is 0.793. The number of carboxylic acid groups (broad SMARTS) is 1. The molecule has 0 aliphatic heterocycles. The number of aryl methyl sites for hydroxylation is 1. The number of carboxylic acids is 1. The zero-order valence-corrected chi connectivity index (χ0v) is 11.3. The van der Waals surface area contributed by atoms with Gasteiger partial charge in [0.25, 0.3) is 5.71 Å². The van der Waals surface area contributed by atoms with Crippen LogP contribution in [0.1, 0.15) is 40.6 Å². The number of aromatic nitrogens is 2. The third-order valence-corrected chi connectivity index (χ3v) is 3.66. The molecule has 0 bridgehead atoms. The monoisotopic (exact) mass is 284 g/mol. The third kappa shape index (κ3) is 1.91. The highest BCUT2D eigenvalue weighted by Crippen LogP contribution is 2.43. The average molecular weight is 284 g/mol. The minimum absolute atomic E-state index is 0.159. The van der Waals surface area contributed by atoms with E-state index in [2.05, 4.69) is 10.1 Å². The number of carbonyl (C=O) groups is 1. The van der Waals surface area contributed by atoms with Crippen molar-refractivity contribution in [1.29, 1.82) is 0 Å². The van der Waals surface area contributed by atoms with Crippen LogP contribution < -0.4 is 0 Å². The van der Waals surface area contributed by atoms with E-state index in [0.717, 1.165) is 18.6 Å². The Morgan fingerprint density at radius 1 is 1.38 bits per heavy atom. The second kappa shape index (κ2) is 4.18. The van der Waals surface area contributed by atoms with E-state index in [4.69, 9.17) is 8.94 Å². The van der Waals surface area contributed by atoms with E-state index in [1.807, 2.05) is 6.92 Å². The number of nitrogens with zero attached hydrogens (tertiary/aromatic N) is 2. The summed E-state index contributed by atoms with van der Waals surface area (Å²) < 4.78 is 10.7. The Balaban J connectivity index is 1.97. The molecule has 0 aromatic carbocycles. The number of hydrogen-bond donors (Lipinski definition) is 1. The first-order valence-corrected chi connectivity index (χ1v) is 6.74. The van der Waals surface area contributed by atoms with Gasteiger partial charge in [-0.2, -0.15) is 0 Å². The molecule has 0 unspecified atom stereocenters. The Hall–Kier alpha value is -2.63. The normalized spacial score (nSPS) is 14.7. The van der Waals surface area contributed by atoms with E-state index < -0.39 is 5.97 Å². The van der Waals surface area contributed by atoms with E-state index in [1.165, 1.54) is 6.07 Å². The predicted octanol–water partition coefficient (Wildman–Crippen LogP) is 3.37. The molecule has 3 heterocycles. The van der Waals surface area contributed by atoms with Crippen LogP contribution in [0.3, 0.4) is 0 Å². The summed E-state index contributed by atoms with van der Waals surface area (Å²) in [5, 5.41) is 14.0. The SMILES string of the molecule is Cc1ccc(-c2cc(C(=O)O)c3c(C4CC4)noc3n2)o1. The van der Waals surface area contributed by atoms with Crippen molar-refractivity contribution in [2.75, 3.05) is 0 Å².